The minimum Gasteiger partial charge on any atom is -1.00 e. The van der Waals surface area contributed by atoms with Crippen LogP contribution in [0.4, 0.5) is 0 Å². The van der Waals surface area contributed by atoms with Crippen molar-refractivity contribution in [3.63, 3.8) is 0 Å². The summed E-state index contributed by atoms with van der Waals surface area (Å²) in [7, 11) is 0. The third kappa shape index (κ3) is 31.8. The van der Waals surface area contributed by atoms with Gasteiger partial charge in [-0.3, -0.25) is 14.4 Å². The number of ether oxygens (including phenoxy) is 1. The van der Waals surface area contributed by atoms with Crippen molar-refractivity contribution >= 4 is 41.6 Å². The van der Waals surface area contributed by atoms with Gasteiger partial charge >= 0.3 is 138 Å². The molecule has 0 saturated carbocycles. The van der Waals surface area contributed by atoms with Crippen LogP contribution in [0, 0.1) is 11.8 Å². The average molecular weight is 840 g/mol. The molecule has 0 unspecified atom stereocenters. The first-order valence-corrected chi connectivity index (χ1v) is 12.0. The van der Waals surface area contributed by atoms with Crippen molar-refractivity contribution < 1.29 is 174 Å². The van der Waals surface area contributed by atoms with E-state index in [2.05, 4.69) is 55.2 Å². The Hall–Kier alpha value is 1.64. The molecule has 0 aliphatic carbocycles. The third-order valence-corrected chi connectivity index (χ3v) is 4.36. The topological polar surface area (TPSA) is 113 Å². The average Bonchev–Trinajstić information content (AvgIpc) is 2.81. The quantitative estimate of drug-likeness (QED) is 0.115. The number of carbonyl (C=O) groups is 3. The Balaban J connectivity index is -0.000000127. The first-order valence-electron chi connectivity index (χ1n) is 10.4. The van der Waals surface area contributed by atoms with E-state index in [1.54, 1.807) is 24.3 Å². The molecule has 2 rings (SSSR count). The van der Waals surface area contributed by atoms with Gasteiger partial charge in [-0.1, -0.05) is 50.3 Å². The Morgan fingerprint density at radius 1 is 0.857 bits per heavy atom. The van der Waals surface area contributed by atoms with Crippen molar-refractivity contribution in [1.29, 1.82) is 0 Å². The van der Waals surface area contributed by atoms with Crippen LogP contribution in [0.15, 0.2) is 48.5 Å². The molecule has 35 heavy (non-hydrogen) atoms. The number of hydrogen-bond donors (Lipinski definition) is 1. The standard InChI is InChI=1S/C12H16O2.C7H6O2.C5H11I.CH2O3.2Cs.H/c1-10(2)7-8-14-12-5-3-11(9-13)4-6-12;8-5-6-1-3-7(9)4-2-6;1-5(2)3-4-6;2-1-4-3;;;/h3-6,9-10H,7-8H2,1-2H3;1-5,9H;5H,3-4H2,1-2H3;1,3H;;;/q;;;;2*+1;-1/p-1. The molecule has 186 valence electrons. The summed E-state index contributed by atoms with van der Waals surface area (Å²) in [6.45, 7) is 9.38. The first kappa shape index (κ1) is 43.7. The number of alkyl halides is 1. The molecule has 7 nitrogen and oxygen atoms in total. The van der Waals surface area contributed by atoms with Gasteiger partial charge in [0.25, 0.3) is 6.47 Å². The molecule has 0 radical (unpaired) electrons. The van der Waals surface area contributed by atoms with Gasteiger partial charge in [0.15, 0.2) is 0 Å². The van der Waals surface area contributed by atoms with Crippen molar-refractivity contribution in [3.05, 3.63) is 59.7 Å². The van der Waals surface area contributed by atoms with E-state index in [0.29, 0.717) is 17.0 Å². The molecule has 10 heteroatoms. The zero-order valence-corrected chi connectivity index (χ0v) is 36.3. The van der Waals surface area contributed by atoms with Gasteiger partial charge in [0.05, 0.1) is 6.61 Å². The summed E-state index contributed by atoms with van der Waals surface area (Å²) in [6.07, 6.45) is 3.98. The van der Waals surface area contributed by atoms with Gasteiger partial charge in [-0.05, 0) is 77.6 Å². The van der Waals surface area contributed by atoms with Crippen LogP contribution in [0.5, 0.6) is 11.5 Å². The minimum absolute atomic E-state index is 0. The zero-order chi connectivity index (χ0) is 25.5. The molecule has 0 fully saturated rings. The van der Waals surface area contributed by atoms with Crippen molar-refractivity contribution in [2.75, 3.05) is 11.0 Å². The van der Waals surface area contributed by atoms with Crippen LogP contribution in [0.2, 0.25) is 0 Å². The fourth-order valence-corrected chi connectivity index (χ4v) is 3.07. The van der Waals surface area contributed by atoms with Crippen molar-refractivity contribution in [3.8, 4) is 11.5 Å². The molecule has 1 N–H and O–H groups in total. The van der Waals surface area contributed by atoms with Crippen molar-refractivity contribution in [1.82, 2.24) is 0 Å². The van der Waals surface area contributed by atoms with Gasteiger partial charge < -0.3 is 21.4 Å². The molecule has 0 spiro atoms. The second-order valence-corrected chi connectivity index (χ2v) is 8.57. The number of aldehydes is 2. The van der Waals surface area contributed by atoms with E-state index >= 15 is 0 Å². The molecular formula is C25H35Cs2IO7. The van der Waals surface area contributed by atoms with Crippen LogP contribution in [0.3, 0.4) is 0 Å². The molecule has 0 aliphatic heterocycles. The fraction of sp³-hybridized carbons (Fsp3) is 0.400. The maximum absolute atomic E-state index is 10.4. The van der Waals surface area contributed by atoms with Gasteiger partial charge in [-0.2, -0.15) is 0 Å². The second kappa shape index (κ2) is 31.9. The minimum atomic E-state index is -0.181. The van der Waals surface area contributed by atoms with E-state index in [1.807, 2.05) is 12.1 Å². The molecule has 0 aliphatic rings. The molecule has 0 atom stereocenters. The van der Waals surface area contributed by atoms with Crippen LogP contribution >= 0.6 is 22.6 Å². The summed E-state index contributed by atoms with van der Waals surface area (Å²) < 4.78 is 6.80. The molecular weight excluding hydrogens is 805 g/mol. The number of aromatic hydroxyl groups is 1. The van der Waals surface area contributed by atoms with E-state index in [9.17, 15) is 9.59 Å². The van der Waals surface area contributed by atoms with E-state index < -0.39 is 0 Å². The van der Waals surface area contributed by atoms with Crippen molar-refractivity contribution in [2.45, 2.75) is 40.5 Å². The third-order valence-electron chi connectivity index (χ3n) is 3.74. The molecule has 0 heterocycles. The van der Waals surface area contributed by atoms with Gasteiger partial charge in [0.1, 0.15) is 24.1 Å². The maximum atomic E-state index is 10.4. The van der Waals surface area contributed by atoms with E-state index in [1.165, 1.54) is 23.0 Å². The second-order valence-electron chi connectivity index (χ2n) is 7.49. The van der Waals surface area contributed by atoms with Crippen LogP contribution < -0.4 is 148 Å². The number of carbonyl (C=O) groups excluding carboxylic acids is 3. The summed E-state index contributed by atoms with van der Waals surface area (Å²) in [5.41, 5.74) is 1.26. The first-order chi connectivity index (χ1) is 15.7. The Morgan fingerprint density at radius 2 is 1.26 bits per heavy atom. The number of benzene rings is 2. The largest absolute Gasteiger partial charge is 1.00 e. The van der Waals surface area contributed by atoms with Gasteiger partial charge in [0.2, 0.25) is 0 Å². The van der Waals surface area contributed by atoms with E-state index in [0.717, 1.165) is 37.3 Å². The Morgan fingerprint density at radius 3 is 1.54 bits per heavy atom. The van der Waals surface area contributed by atoms with Crippen LogP contribution in [0.25, 0.3) is 0 Å². The number of phenolic OH excluding ortho intramolecular Hbond substituents is 1. The molecule has 0 aromatic heterocycles. The van der Waals surface area contributed by atoms with E-state index in [-0.39, 0.29) is 151 Å². The Kier molecular flexibility index (Phi) is 39.8. The molecule has 2 aromatic rings. The number of rotatable bonds is 9. The van der Waals surface area contributed by atoms with Crippen LogP contribution in [-0.4, -0.2) is 35.2 Å². The Bertz CT molecular complexity index is 747. The summed E-state index contributed by atoms with van der Waals surface area (Å²) in [5.74, 6) is 2.56. The smallest absolute Gasteiger partial charge is 1.00 e. The Labute approximate surface area is 342 Å². The molecule has 0 bridgehead atoms. The van der Waals surface area contributed by atoms with Crippen molar-refractivity contribution in [2.24, 2.45) is 11.8 Å². The predicted octanol–water partition coefficient (Wildman–Crippen LogP) is -0.849. The number of hydrogen-bond acceptors (Lipinski definition) is 7. The predicted molar refractivity (Wildman–Crippen MR) is 137 cm³/mol. The molecule has 2 aromatic carbocycles. The monoisotopic (exact) mass is 840 g/mol. The SMILES string of the molecule is CC(C)CCI.CC(C)CCOc1ccc(C=O)cc1.O=CO[O-].O=Cc1ccc(O)cc1.[Cs+].[Cs+].[H-]. The fourth-order valence-electron chi connectivity index (χ4n) is 1.83. The molecule has 0 saturated heterocycles. The van der Waals surface area contributed by atoms with Crippen LogP contribution in [0.1, 0.15) is 62.7 Å². The summed E-state index contributed by atoms with van der Waals surface area (Å²) >= 11 is 2.40. The number of halogens is 1. The molecule has 0 amide bonds. The van der Waals surface area contributed by atoms with Gasteiger partial charge in [-0.25, -0.2) is 0 Å². The van der Waals surface area contributed by atoms with Crippen LogP contribution in [-0.2, 0) is 9.68 Å². The summed E-state index contributed by atoms with van der Waals surface area (Å²) in [5, 5.41) is 17.2. The van der Waals surface area contributed by atoms with Gasteiger partial charge in [0, 0.05) is 11.1 Å². The maximum Gasteiger partial charge on any atom is 1.00 e. The van der Waals surface area contributed by atoms with E-state index in [4.69, 9.17) is 19.9 Å². The zero-order valence-electron chi connectivity index (χ0n) is 22.6. The normalized spacial score (nSPS) is 8.69. The summed E-state index contributed by atoms with van der Waals surface area (Å²) in [4.78, 5) is 31.7. The number of phenols is 1. The van der Waals surface area contributed by atoms with Gasteiger partial charge in [-0.15, -0.1) is 0 Å². The summed E-state index contributed by atoms with van der Waals surface area (Å²) in [6, 6.07) is 13.2.